The van der Waals surface area contributed by atoms with E-state index in [9.17, 15) is 14.7 Å². The predicted octanol–water partition coefficient (Wildman–Crippen LogP) is 2.75. The van der Waals surface area contributed by atoms with Gasteiger partial charge in [-0.3, -0.25) is 4.98 Å². The third kappa shape index (κ3) is 3.90. The molecular formula is C21H14N6O5S. The van der Waals surface area contributed by atoms with Gasteiger partial charge in [0, 0.05) is 23.3 Å². The number of ether oxygens (including phenoxy) is 1. The maximum absolute atomic E-state index is 12.5. The maximum atomic E-state index is 12.5. The Hall–Kier alpha value is -4.58. The predicted molar refractivity (Wildman–Crippen MR) is 118 cm³/mol. The van der Waals surface area contributed by atoms with Crippen molar-refractivity contribution in [1.29, 1.82) is 0 Å². The SMILES string of the molecule is Nc1ccc2cc(-n3nncc3COc3nc(-c4ccccn4)sc3C(=O)O)c(=O)oc2c1. The fraction of sp³-hybridized carbons (Fsp3) is 0.0476. The first-order valence-corrected chi connectivity index (χ1v) is 10.3. The smallest absolute Gasteiger partial charge is 0.362 e. The van der Waals surface area contributed by atoms with Crippen LogP contribution in [0.5, 0.6) is 5.88 Å². The zero-order valence-corrected chi connectivity index (χ0v) is 17.5. The number of anilines is 1. The van der Waals surface area contributed by atoms with Gasteiger partial charge in [-0.15, -0.1) is 16.4 Å². The van der Waals surface area contributed by atoms with E-state index in [2.05, 4.69) is 20.3 Å². The van der Waals surface area contributed by atoms with Crippen LogP contribution in [-0.2, 0) is 6.61 Å². The molecule has 0 bridgehead atoms. The third-order valence-electron chi connectivity index (χ3n) is 4.62. The highest BCUT2D eigenvalue weighted by atomic mass is 32.1. The Balaban J connectivity index is 1.46. The minimum atomic E-state index is -1.18. The molecule has 0 aliphatic heterocycles. The van der Waals surface area contributed by atoms with E-state index in [0.717, 1.165) is 11.3 Å². The van der Waals surface area contributed by atoms with Crippen LogP contribution >= 0.6 is 11.3 Å². The van der Waals surface area contributed by atoms with E-state index in [4.69, 9.17) is 14.9 Å². The van der Waals surface area contributed by atoms with E-state index in [0.29, 0.717) is 33.1 Å². The van der Waals surface area contributed by atoms with Gasteiger partial charge in [-0.25, -0.2) is 14.3 Å². The molecular weight excluding hydrogens is 448 g/mol. The number of carboxylic acid groups (broad SMARTS) is 1. The lowest BCUT2D eigenvalue weighted by Crippen LogP contribution is -2.15. The summed E-state index contributed by atoms with van der Waals surface area (Å²) in [5.74, 6) is -1.24. The number of aromatic nitrogens is 5. The van der Waals surface area contributed by atoms with Crippen LogP contribution in [0.1, 0.15) is 15.4 Å². The molecule has 0 fully saturated rings. The molecule has 0 unspecified atom stereocenters. The number of benzene rings is 1. The average molecular weight is 462 g/mol. The monoisotopic (exact) mass is 462 g/mol. The second-order valence-electron chi connectivity index (χ2n) is 6.82. The van der Waals surface area contributed by atoms with Crippen molar-refractivity contribution in [2.24, 2.45) is 0 Å². The van der Waals surface area contributed by atoms with Crippen molar-refractivity contribution in [1.82, 2.24) is 25.0 Å². The van der Waals surface area contributed by atoms with Crippen LogP contribution in [0.15, 0.2) is 64.1 Å². The highest BCUT2D eigenvalue weighted by molar-refractivity contribution is 7.17. The number of carboxylic acids is 1. The number of carbonyl (C=O) groups is 1. The van der Waals surface area contributed by atoms with E-state index in [1.54, 1.807) is 48.7 Å². The minimum Gasteiger partial charge on any atom is -0.477 e. The van der Waals surface area contributed by atoms with Gasteiger partial charge in [-0.1, -0.05) is 11.3 Å². The van der Waals surface area contributed by atoms with Gasteiger partial charge in [0.2, 0.25) is 5.88 Å². The maximum Gasteiger partial charge on any atom is 0.362 e. The standard InChI is InChI=1S/C21H14N6O5S/c22-12-5-4-11-7-15(21(30)32-16(11)8-12)27-13(9-24-26-27)10-31-18-17(20(28)29)33-19(25-18)14-3-1-2-6-23-14/h1-9H,10,22H2,(H,28,29). The molecule has 0 aliphatic carbocycles. The highest BCUT2D eigenvalue weighted by Crippen LogP contribution is 2.32. The van der Waals surface area contributed by atoms with Crippen molar-refractivity contribution in [2.75, 3.05) is 5.73 Å². The number of aromatic carboxylic acids is 1. The van der Waals surface area contributed by atoms with E-state index in [1.165, 1.54) is 10.9 Å². The molecule has 0 spiro atoms. The van der Waals surface area contributed by atoms with Crippen molar-refractivity contribution in [3.63, 3.8) is 0 Å². The Bertz CT molecular complexity index is 1540. The molecule has 12 heteroatoms. The largest absolute Gasteiger partial charge is 0.477 e. The molecule has 4 aromatic heterocycles. The summed E-state index contributed by atoms with van der Waals surface area (Å²) in [5, 5.41) is 18.4. The molecule has 0 atom stereocenters. The summed E-state index contributed by atoms with van der Waals surface area (Å²) >= 11 is 0.952. The number of fused-ring (bicyclic) bond motifs is 1. The first-order chi connectivity index (χ1) is 16.0. The average Bonchev–Trinajstić information content (AvgIpc) is 3.45. The Morgan fingerprint density at radius 3 is 2.91 bits per heavy atom. The molecule has 0 saturated heterocycles. The lowest BCUT2D eigenvalue weighted by Gasteiger charge is -2.07. The molecule has 3 N–H and O–H groups in total. The third-order valence-corrected chi connectivity index (χ3v) is 5.67. The summed E-state index contributed by atoms with van der Waals surface area (Å²) in [6, 6.07) is 11.8. The normalized spacial score (nSPS) is 11.0. The molecule has 5 rings (SSSR count). The quantitative estimate of drug-likeness (QED) is 0.284. The molecule has 164 valence electrons. The van der Waals surface area contributed by atoms with Crippen LogP contribution in [0.25, 0.3) is 27.4 Å². The summed E-state index contributed by atoms with van der Waals surface area (Å²) in [7, 11) is 0. The molecule has 5 aromatic rings. The van der Waals surface area contributed by atoms with E-state index < -0.39 is 11.6 Å². The van der Waals surface area contributed by atoms with Crippen molar-refractivity contribution in [2.45, 2.75) is 6.61 Å². The molecule has 33 heavy (non-hydrogen) atoms. The topological polar surface area (TPSA) is 159 Å². The van der Waals surface area contributed by atoms with E-state index in [1.807, 2.05) is 0 Å². The van der Waals surface area contributed by atoms with Crippen LogP contribution in [0.4, 0.5) is 5.69 Å². The Labute approximate surface area is 188 Å². The van der Waals surface area contributed by atoms with Gasteiger partial charge >= 0.3 is 11.6 Å². The minimum absolute atomic E-state index is 0.0677. The Morgan fingerprint density at radius 1 is 1.24 bits per heavy atom. The van der Waals surface area contributed by atoms with Gasteiger partial charge < -0.3 is 20.0 Å². The number of pyridine rings is 1. The van der Waals surface area contributed by atoms with Gasteiger partial charge in [0.05, 0.1) is 11.9 Å². The zero-order chi connectivity index (χ0) is 22.9. The van der Waals surface area contributed by atoms with Gasteiger partial charge in [0.1, 0.15) is 22.9 Å². The number of nitrogen functional groups attached to an aromatic ring is 1. The number of hydrogen-bond donors (Lipinski definition) is 2. The molecule has 0 radical (unpaired) electrons. The first kappa shape index (κ1) is 20.3. The number of thiazole rings is 1. The van der Waals surface area contributed by atoms with Gasteiger partial charge in [-0.05, 0) is 30.3 Å². The second kappa shape index (κ2) is 8.16. The number of hydrogen-bond acceptors (Lipinski definition) is 10. The van der Waals surface area contributed by atoms with Crippen LogP contribution in [0, 0.1) is 0 Å². The van der Waals surface area contributed by atoms with Crippen molar-refractivity contribution >= 4 is 34.0 Å². The highest BCUT2D eigenvalue weighted by Gasteiger charge is 2.21. The number of nitrogens with zero attached hydrogens (tertiary/aromatic N) is 5. The summed E-state index contributed by atoms with van der Waals surface area (Å²) in [6.45, 7) is -0.141. The molecule has 0 aliphatic rings. The first-order valence-electron chi connectivity index (χ1n) is 9.51. The Kier molecular flexibility index (Phi) is 5.03. The number of rotatable bonds is 6. The van der Waals surface area contributed by atoms with Crippen LogP contribution < -0.4 is 16.1 Å². The van der Waals surface area contributed by atoms with Crippen LogP contribution in [-0.4, -0.2) is 36.0 Å². The van der Waals surface area contributed by atoms with Crippen molar-refractivity contribution in [3.05, 3.63) is 75.8 Å². The fourth-order valence-electron chi connectivity index (χ4n) is 3.10. The van der Waals surface area contributed by atoms with Gasteiger partial charge in [-0.2, -0.15) is 4.98 Å². The summed E-state index contributed by atoms with van der Waals surface area (Å²) < 4.78 is 12.3. The molecule has 0 amide bonds. The lowest BCUT2D eigenvalue weighted by molar-refractivity contribution is 0.0696. The Morgan fingerprint density at radius 2 is 2.12 bits per heavy atom. The fourth-order valence-corrected chi connectivity index (χ4v) is 3.93. The lowest BCUT2D eigenvalue weighted by atomic mass is 10.2. The summed E-state index contributed by atoms with van der Waals surface area (Å²) in [5.41, 5.74) is 6.95. The molecule has 0 saturated carbocycles. The van der Waals surface area contributed by atoms with Crippen molar-refractivity contribution in [3.8, 4) is 22.3 Å². The van der Waals surface area contributed by atoms with E-state index >= 15 is 0 Å². The van der Waals surface area contributed by atoms with Crippen LogP contribution in [0.3, 0.4) is 0 Å². The van der Waals surface area contributed by atoms with Crippen molar-refractivity contribution < 1.29 is 19.1 Å². The van der Waals surface area contributed by atoms with Gasteiger partial charge in [0.25, 0.3) is 0 Å². The zero-order valence-electron chi connectivity index (χ0n) is 16.7. The summed E-state index contributed by atoms with van der Waals surface area (Å²) in [6.07, 6.45) is 2.99. The summed E-state index contributed by atoms with van der Waals surface area (Å²) in [4.78, 5) is 32.6. The van der Waals surface area contributed by atoms with Gasteiger partial charge in [0.15, 0.2) is 10.6 Å². The molecule has 4 heterocycles. The number of nitrogens with two attached hydrogens (primary N) is 1. The van der Waals surface area contributed by atoms with Crippen LogP contribution in [0.2, 0.25) is 0 Å². The molecule has 11 nitrogen and oxygen atoms in total. The van der Waals surface area contributed by atoms with E-state index in [-0.39, 0.29) is 23.1 Å². The second-order valence-corrected chi connectivity index (χ2v) is 7.81. The molecule has 1 aromatic carbocycles.